The van der Waals surface area contributed by atoms with Gasteiger partial charge in [0.25, 0.3) is 5.91 Å². The Labute approximate surface area is 130 Å². The Kier molecular flexibility index (Phi) is 4.00. The third-order valence-electron chi connectivity index (χ3n) is 3.84. The Bertz CT molecular complexity index is 707. The highest BCUT2D eigenvalue weighted by molar-refractivity contribution is 6.05. The van der Waals surface area contributed by atoms with E-state index < -0.39 is 0 Å². The topological polar surface area (TPSA) is 45.6 Å². The second kappa shape index (κ2) is 6.10. The van der Waals surface area contributed by atoms with Gasteiger partial charge in [-0.3, -0.25) is 9.78 Å². The number of hydrogen-bond donors (Lipinski definition) is 0. The fraction of sp³-hybridized carbons (Fsp3) is 0.278. The maximum Gasteiger partial charge on any atom is 0.275 e. The molecular formula is C18H19N3O. The molecule has 1 aromatic carbocycles. The first-order chi connectivity index (χ1) is 10.7. The van der Waals surface area contributed by atoms with Crippen molar-refractivity contribution in [1.29, 1.82) is 0 Å². The van der Waals surface area contributed by atoms with E-state index in [2.05, 4.69) is 36.1 Å². The van der Waals surface area contributed by atoms with Crippen LogP contribution in [0.15, 0.2) is 53.9 Å². The first-order valence-electron chi connectivity index (χ1n) is 7.55. The first kappa shape index (κ1) is 14.4. The van der Waals surface area contributed by atoms with Crippen molar-refractivity contribution < 1.29 is 4.79 Å². The van der Waals surface area contributed by atoms with Gasteiger partial charge in [0.15, 0.2) is 0 Å². The van der Waals surface area contributed by atoms with Crippen LogP contribution in [-0.4, -0.2) is 28.2 Å². The minimum absolute atomic E-state index is 0.0925. The van der Waals surface area contributed by atoms with Crippen LogP contribution >= 0.6 is 0 Å². The molecule has 3 rings (SSSR count). The van der Waals surface area contributed by atoms with Gasteiger partial charge < -0.3 is 0 Å². The molecule has 4 nitrogen and oxygen atoms in total. The Morgan fingerprint density at radius 1 is 1.18 bits per heavy atom. The minimum Gasteiger partial charge on any atom is -0.267 e. The van der Waals surface area contributed by atoms with E-state index in [0.717, 1.165) is 17.7 Å². The maximum absolute atomic E-state index is 12.4. The predicted octanol–water partition coefficient (Wildman–Crippen LogP) is 3.46. The lowest BCUT2D eigenvalue weighted by molar-refractivity contribution is 0.0778. The third kappa shape index (κ3) is 2.77. The summed E-state index contributed by atoms with van der Waals surface area (Å²) in [6.45, 7) is 4.97. The monoisotopic (exact) mass is 293 g/mol. The van der Waals surface area contributed by atoms with Gasteiger partial charge in [0.05, 0.1) is 17.8 Å². The van der Waals surface area contributed by atoms with E-state index >= 15 is 0 Å². The number of nitrogens with zero attached hydrogens (tertiary/aromatic N) is 3. The summed E-state index contributed by atoms with van der Waals surface area (Å²) in [6, 6.07) is 11.8. The van der Waals surface area contributed by atoms with Crippen molar-refractivity contribution in [2.45, 2.75) is 26.2 Å². The van der Waals surface area contributed by atoms with E-state index in [4.69, 9.17) is 0 Å². The molecule has 1 aromatic heterocycles. The zero-order valence-electron chi connectivity index (χ0n) is 12.9. The van der Waals surface area contributed by atoms with Crippen molar-refractivity contribution in [3.05, 3.63) is 65.5 Å². The van der Waals surface area contributed by atoms with Gasteiger partial charge in [-0.1, -0.05) is 38.1 Å². The number of benzene rings is 1. The predicted molar refractivity (Wildman–Crippen MR) is 87.0 cm³/mol. The Morgan fingerprint density at radius 3 is 2.73 bits per heavy atom. The maximum atomic E-state index is 12.4. The van der Waals surface area contributed by atoms with E-state index in [1.807, 2.05) is 12.1 Å². The molecule has 1 aliphatic rings. The lowest BCUT2D eigenvalue weighted by Crippen LogP contribution is -2.23. The van der Waals surface area contributed by atoms with E-state index in [0.29, 0.717) is 18.0 Å². The third-order valence-corrected chi connectivity index (χ3v) is 3.84. The Balaban J connectivity index is 1.88. The van der Waals surface area contributed by atoms with Gasteiger partial charge in [-0.25, -0.2) is 5.01 Å². The average molecular weight is 293 g/mol. The molecule has 0 aliphatic carbocycles. The van der Waals surface area contributed by atoms with Crippen LogP contribution in [0, 0.1) is 0 Å². The lowest BCUT2D eigenvalue weighted by Gasteiger charge is -2.12. The summed E-state index contributed by atoms with van der Waals surface area (Å²) >= 11 is 0. The van der Waals surface area contributed by atoms with Crippen LogP contribution in [0.25, 0.3) is 0 Å². The van der Waals surface area contributed by atoms with E-state index in [9.17, 15) is 4.79 Å². The van der Waals surface area contributed by atoms with Gasteiger partial charge in [-0.05, 0) is 23.6 Å². The van der Waals surface area contributed by atoms with E-state index in [1.165, 1.54) is 5.56 Å². The molecular weight excluding hydrogens is 274 g/mol. The highest BCUT2D eigenvalue weighted by atomic mass is 16.2. The molecule has 0 atom stereocenters. The molecule has 0 radical (unpaired) electrons. The summed E-state index contributed by atoms with van der Waals surface area (Å²) in [4.78, 5) is 16.4. The average Bonchev–Trinajstić information content (AvgIpc) is 3.04. The van der Waals surface area contributed by atoms with Crippen molar-refractivity contribution in [3.63, 3.8) is 0 Å². The van der Waals surface area contributed by atoms with Gasteiger partial charge in [0, 0.05) is 24.4 Å². The molecule has 0 spiro atoms. The number of rotatable bonds is 3. The van der Waals surface area contributed by atoms with Crippen LogP contribution < -0.4 is 0 Å². The molecule has 0 saturated heterocycles. The number of carbonyl (C=O) groups excluding carboxylic acids is 1. The number of hydrazone groups is 1. The highest BCUT2D eigenvalue weighted by Gasteiger charge is 2.24. The summed E-state index contributed by atoms with van der Waals surface area (Å²) in [5, 5.41) is 6.10. The molecule has 1 amide bonds. The standard InChI is InChI=1S/C18H19N3O/c1-13(2)15-7-3-4-8-16(15)17-9-11-21(20-17)18(22)14-6-5-10-19-12-14/h3-8,10,12-13H,9,11H2,1-2H3. The van der Waals surface area contributed by atoms with Crippen LogP contribution in [0.3, 0.4) is 0 Å². The van der Waals surface area contributed by atoms with E-state index in [1.54, 1.807) is 29.5 Å². The van der Waals surface area contributed by atoms with Crippen LogP contribution in [0.5, 0.6) is 0 Å². The zero-order valence-corrected chi connectivity index (χ0v) is 12.9. The van der Waals surface area contributed by atoms with Gasteiger partial charge in [-0.15, -0.1) is 0 Å². The fourth-order valence-corrected chi connectivity index (χ4v) is 2.69. The summed E-state index contributed by atoms with van der Waals surface area (Å²) in [5.74, 6) is 0.340. The quantitative estimate of drug-likeness (QED) is 0.870. The molecule has 0 bridgehead atoms. The summed E-state index contributed by atoms with van der Waals surface area (Å²) in [6.07, 6.45) is 4.03. The van der Waals surface area contributed by atoms with Crippen molar-refractivity contribution >= 4 is 11.6 Å². The van der Waals surface area contributed by atoms with Crippen LogP contribution in [0.4, 0.5) is 0 Å². The Morgan fingerprint density at radius 2 is 2.00 bits per heavy atom. The van der Waals surface area contributed by atoms with Gasteiger partial charge in [0.1, 0.15) is 0 Å². The second-order valence-corrected chi connectivity index (χ2v) is 5.71. The van der Waals surface area contributed by atoms with Crippen molar-refractivity contribution in [1.82, 2.24) is 9.99 Å². The number of amides is 1. The molecule has 22 heavy (non-hydrogen) atoms. The Hall–Kier alpha value is -2.49. The zero-order chi connectivity index (χ0) is 15.5. The number of pyridine rings is 1. The van der Waals surface area contributed by atoms with Crippen molar-refractivity contribution in [3.8, 4) is 0 Å². The molecule has 0 N–H and O–H groups in total. The molecule has 2 heterocycles. The fourth-order valence-electron chi connectivity index (χ4n) is 2.69. The van der Waals surface area contributed by atoms with Gasteiger partial charge in [0.2, 0.25) is 0 Å². The lowest BCUT2D eigenvalue weighted by atomic mass is 9.94. The van der Waals surface area contributed by atoms with Crippen LogP contribution in [0.1, 0.15) is 47.7 Å². The summed E-state index contributed by atoms with van der Waals surface area (Å²) in [5.41, 5.74) is 3.99. The molecule has 1 aliphatic heterocycles. The highest BCUT2D eigenvalue weighted by Crippen LogP contribution is 2.24. The minimum atomic E-state index is -0.0925. The van der Waals surface area contributed by atoms with E-state index in [-0.39, 0.29) is 5.91 Å². The molecule has 0 unspecified atom stereocenters. The normalized spacial score (nSPS) is 14.3. The molecule has 4 heteroatoms. The van der Waals surface area contributed by atoms with Crippen LogP contribution in [-0.2, 0) is 0 Å². The largest absolute Gasteiger partial charge is 0.275 e. The van der Waals surface area contributed by atoms with Gasteiger partial charge in [-0.2, -0.15) is 5.10 Å². The molecule has 2 aromatic rings. The number of hydrogen-bond acceptors (Lipinski definition) is 3. The SMILES string of the molecule is CC(C)c1ccccc1C1=NN(C(=O)c2cccnc2)CC1. The molecule has 0 saturated carbocycles. The summed E-state index contributed by atoms with van der Waals surface area (Å²) < 4.78 is 0. The number of aromatic nitrogens is 1. The number of carbonyl (C=O) groups is 1. The van der Waals surface area contributed by atoms with Crippen molar-refractivity contribution in [2.24, 2.45) is 5.10 Å². The molecule has 0 fully saturated rings. The molecule has 112 valence electrons. The van der Waals surface area contributed by atoms with Gasteiger partial charge >= 0.3 is 0 Å². The van der Waals surface area contributed by atoms with Crippen molar-refractivity contribution in [2.75, 3.05) is 6.54 Å². The van der Waals surface area contributed by atoms with Crippen LogP contribution in [0.2, 0.25) is 0 Å². The smallest absolute Gasteiger partial charge is 0.267 e. The first-order valence-corrected chi connectivity index (χ1v) is 7.55. The summed E-state index contributed by atoms with van der Waals surface area (Å²) in [7, 11) is 0. The second-order valence-electron chi connectivity index (χ2n) is 5.71.